The summed E-state index contributed by atoms with van der Waals surface area (Å²) in [6.45, 7) is -0.215. The molecule has 152 valence electrons. The lowest BCUT2D eigenvalue weighted by Gasteiger charge is -2.08. The number of aromatic nitrogens is 3. The number of nitrogens with zero attached hydrogens (tertiary/aromatic N) is 3. The van der Waals surface area contributed by atoms with Crippen molar-refractivity contribution in [2.75, 3.05) is 12.4 Å². The Morgan fingerprint density at radius 2 is 1.97 bits per heavy atom. The van der Waals surface area contributed by atoms with Gasteiger partial charge in [0.2, 0.25) is 5.91 Å². The van der Waals surface area contributed by atoms with Crippen molar-refractivity contribution < 1.29 is 14.3 Å². The Morgan fingerprint density at radius 3 is 2.70 bits per heavy atom. The summed E-state index contributed by atoms with van der Waals surface area (Å²) in [6.07, 6.45) is 3.09. The number of thiophene rings is 1. The minimum absolute atomic E-state index is 0.215. The second-order valence-electron chi connectivity index (χ2n) is 6.30. The van der Waals surface area contributed by atoms with E-state index in [4.69, 9.17) is 16.3 Å². The largest absolute Gasteiger partial charge is 0.465 e. The molecule has 4 rings (SSSR count). The molecule has 8 nitrogen and oxygen atoms in total. The first-order valence-electron chi connectivity index (χ1n) is 8.76. The first-order valence-corrected chi connectivity index (χ1v) is 10.0. The van der Waals surface area contributed by atoms with Crippen molar-refractivity contribution in [2.24, 2.45) is 0 Å². The molecule has 0 bridgehead atoms. The number of nitrogens with one attached hydrogen (secondary N) is 1. The van der Waals surface area contributed by atoms with Gasteiger partial charge in [0, 0.05) is 23.0 Å². The van der Waals surface area contributed by atoms with E-state index in [2.05, 4.69) is 10.4 Å². The predicted molar refractivity (Wildman–Crippen MR) is 114 cm³/mol. The maximum Gasteiger partial charge on any atom is 0.350 e. The first kappa shape index (κ1) is 19.9. The molecule has 0 atom stereocenters. The number of fused-ring (bicyclic) bond motifs is 1. The van der Waals surface area contributed by atoms with Crippen LogP contribution in [0.2, 0.25) is 5.02 Å². The summed E-state index contributed by atoms with van der Waals surface area (Å²) in [4.78, 5) is 37.3. The van der Waals surface area contributed by atoms with Crippen LogP contribution in [0, 0.1) is 0 Å². The van der Waals surface area contributed by atoms with Gasteiger partial charge >= 0.3 is 5.97 Å². The molecule has 0 saturated carbocycles. The summed E-state index contributed by atoms with van der Waals surface area (Å²) < 4.78 is 7.44. The fraction of sp³-hybridized carbons (Fsp3) is 0.100. The van der Waals surface area contributed by atoms with Gasteiger partial charge in [-0.15, -0.1) is 11.3 Å². The first-order chi connectivity index (χ1) is 14.5. The van der Waals surface area contributed by atoms with Crippen molar-refractivity contribution in [3.63, 3.8) is 0 Å². The number of ether oxygens (including phenoxy) is 1. The van der Waals surface area contributed by atoms with Crippen LogP contribution in [0.4, 0.5) is 5.69 Å². The zero-order chi connectivity index (χ0) is 21.3. The number of carbonyl (C=O) groups excluding carboxylic acids is 2. The van der Waals surface area contributed by atoms with Crippen molar-refractivity contribution >= 4 is 46.0 Å². The van der Waals surface area contributed by atoms with E-state index in [0.29, 0.717) is 21.9 Å². The molecule has 1 amide bonds. The minimum atomic E-state index is -0.534. The summed E-state index contributed by atoms with van der Waals surface area (Å²) in [6, 6.07) is 10.4. The lowest BCUT2D eigenvalue weighted by Crippen LogP contribution is -2.28. The molecule has 0 saturated heterocycles. The third-order valence-electron chi connectivity index (χ3n) is 4.37. The minimum Gasteiger partial charge on any atom is -0.465 e. The topological polar surface area (TPSA) is 94.7 Å². The van der Waals surface area contributed by atoms with Crippen LogP contribution in [0.3, 0.4) is 0 Å². The van der Waals surface area contributed by atoms with E-state index < -0.39 is 11.9 Å². The lowest BCUT2D eigenvalue weighted by atomic mass is 10.1. The molecule has 0 aliphatic heterocycles. The second-order valence-corrected chi connectivity index (χ2v) is 7.65. The van der Waals surface area contributed by atoms with Crippen LogP contribution in [0.15, 0.2) is 59.0 Å². The van der Waals surface area contributed by atoms with E-state index in [0.717, 1.165) is 16.9 Å². The van der Waals surface area contributed by atoms with Crippen LogP contribution in [0.5, 0.6) is 0 Å². The van der Waals surface area contributed by atoms with Crippen LogP contribution in [-0.4, -0.2) is 33.2 Å². The number of amides is 1. The normalized spacial score (nSPS) is 10.9. The van der Waals surface area contributed by atoms with E-state index >= 15 is 0 Å². The van der Waals surface area contributed by atoms with Gasteiger partial charge in [0.1, 0.15) is 16.9 Å². The molecule has 3 heterocycles. The number of carbonyl (C=O) groups is 2. The Labute approximate surface area is 179 Å². The zero-order valence-corrected chi connectivity index (χ0v) is 17.2. The van der Waals surface area contributed by atoms with Crippen LogP contribution < -0.4 is 10.9 Å². The summed E-state index contributed by atoms with van der Waals surface area (Å²) in [5.74, 6) is -0.977. The fourth-order valence-corrected chi connectivity index (χ4v) is 3.81. The number of hydrogen-bond donors (Lipinski definition) is 1. The number of halogens is 1. The molecular formula is C20H15ClN4O4S. The molecule has 10 heteroatoms. The van der Waals surface area contributed by atoms with Crippen molar-refractivity contribution in [3.05, 3.63) is 74.4 Å². The van der Waals surface area contributed by atoms with E-state index in [1.54, 1.807) is 35.8 Å². The highest BCUT2D eigenvalue weighted by Gasteiger charge is 2.16. The summed E-state index contributed by atoms with van der Waals surface area (Å²) >= 11 is 7.08. The monoisotopic (exact) mass is 442 g/mol. The van der Waals surface area contributed by atoms with Gasteiger partial charge in [0.05, 0.1) is 18.5 Å². The van der Waals surface area contributed by atoms with Gasteiger partial charge in [-0.1, -0.05) is 23.7 Å². The van der Waals surface area contributed by atoms with E-state index in [1.165, 1.54) is 22.4 Å². The summed E-state index contributed by atoms with van der Waals surface area (Å²) in [5.41, 5.74) is 1.76. The molecule has 4 aromatic rings. The van der Waals surface area contributed by atoms with E-state index in [9.17, 15) is 14.4 Å². The highest BCUT2D eigenvalue weighted by molar-refractivity contribution is 7.12. The summed E-state index contributed by atoms with van der Waals surface area (Å²) in [7, 11) is 1.27. The molecule has 0 fully saturated rings. The number of methoxy groups -OCH3 is 1. The fourth-order valence-electron chi connectivity index (χ4n) is 2.92. The SMILES string of the molecule is COC(=O)c1sccc1NC(=O)Cn1ccn2nc(-c3ccc(Cl)cc3)cc2c1=O. The Balaban J connectivity index is 1.58. The maximum absolute atomic E-state index is 12.8. The predicted octanol–water partition coefficient (Wildman–Crippen LogP) is 3.30. The number of benzene rings is 1. The average molecular weight is 443 g/mol. The zero-order valence-electron chi connectivity index (χ0n) is 15.7. The molecule has 0 radical (unpaired) electrons. The van der Waals surface area contributed by atoms with Gasteiger partial charge in [-0.3, -0.25) is 9.59 Å². The molecule has 1 aromatic carbocycles. The summed E-state index contributed by atoms with van der Waals surface area (Å²) in [5, 5.41) is 9.33. The number of esters is 1. The standard InChI is InChI=1S/C20H15ClN4O4S/c1-29-20(28)18-14(6-9-30-18)22-17(26)11-24-7-8-25-16(19(24)27)10-15(23-25)12-2-4-13(21)5-3-12/h2-10H,11H2,1H3,(H,22,26). The van der Waals surface area contributed by atoms with Crippen LogP contribution >= 0.6 is 22.9 Å². The molecule has 0 aliphatic rings. The van der Waals surface area contributed by atoms with Crippen molar-refractivity contribution in [1.29, 1.82) is 0 Å². The third-order valence-corrected chi connectivity index (χ3v) is 5.51. The van der Waals surface area contributed by atoms with Gasteiger partial charge in [-0.25, -0.2) is 9.31 Å². The van der Waals surface area contributed by atoms with Gasteiger partial charge in [-0.05, 0) is 29.6 Å². The maximum atomic E-state index is 12.8. The van der Waals surface area contributed by atoms with Gasteiger partial charge in [-0.2, -0.15) is 5.10 Å². The molecule has 30 heavy (non-hydrogen) atoms. The lowest BCUT2D eigenvalue weighted by molar-refractivity contribution is -0.116. The Morgan fingerprint density at radius 1 is 1.20 bits per heavy atom. The molecule has 0 aliphatic carbocycles. The average Bonchev–Trinajstić information content (AvgIpc) is 3.37. The quantitative estimate of drug-likeness (QED) is 0.478. The van der Waals surface area contributed by atoms with Crippen LogP contribution in [0.1, 0.15) is 9.67 Å². The van der Waals surface area contributed by atoms with Crippen LogP contribution in [0.25, 0.3) is 16.8 Å². The van der Waals surface area contributed by atoms with Gasteiger partial charge in [0.15, 0.2) is 0 Å². The second kappa shape index (κ2) is 8.13. The van der Waals surface area contributed by atoms with Gasteiger partial charge < -0.3 is 14.6 Å². The molecule has 1 N–H and O–H groups in total. The van der Waals surface area contributed by atoms with Crippen molar-refractivity contribution in [2.45, 2.75) is 6.54 Å². The van der Waals surface area contributed by atoms with Crippen LogP contribution in [-0.2, 0) is 16.1 Å². The van der Waals surface area contributed by atoms with Crippen molar-refractivity contribution in [3.8, 4) is 11.3 Å². The molecule has 0 spiro atoms. The van der Waals surface area contributed by atoms with E-state index in [1.807, 2.05) is 12.1 Å². The van der Waals surface area contributed by atoms with E-state index in [-0.39, 0.29) is 17.0 Å². The third kappa shape index (κ3) is 3.85. The Hall–Kier alpha value is -3.43. The molecular weight excluding hydrogens is 428 g/mol. The number of anilines is 1. The molecule has 3 aromatic heterocycles. The Bertz CT molecular complexity index is 1310. The molecule has 0 unspecified atom stereocenters. The number of rotatable bonds is 5. The van der Waals surface area contributed by atoms with Crippen molar-refractivity contribution in [1.82, 2.24) is 14.2 Å². The van der Waals surface area contributed by atoms with Gasteiger partial charge in [0.25, 0.3) is 5.56 Å². The highest BCUT2D eigenvalue weighted by Crippen LogP contribution is 2.23. The number of hydrogen-bond acceptors (Lipinski definition) is 6. The smallest absolute Gasteiger partial charge is 0.350 e. The Kier molecular flexibility index (Phi) is 5.39. The highest BCUT2D eigenvalue weighted by atomic mass is 35.5.